The standard InChI is InChI=1S/C18H30N4O/c1-5-21(4)17-7-6-15(12-19-17)13-22-10-8-16(9-11-22)18(23)20-14(2)3/h6-7,12,14,16H,5,8-11,13H2,1-4H3,(H,20,23). The van der Waals surface area contributed by atoms with Crippen molar-refractivity contribution in [3.05, 3.63) is 23.9 Å². The molecule has 128 valence electrons. The molecule has 0 aromatic carbocycles. The van der Waals surface area contributed by atoms with E-state index in [-0.39, 0.29) is 17.9 Å². The van der Waals surface area contributed by atoms with E-state index in [1.54, 1.807) is 0 Å². The van der Waals surface area contributed by atoms with Crippen LogP contribution in [0.15, 0.2) is 18.3 Å². The van der Waals surface area contributed by atoms with Crippen molar-refractivity contribution in [2.24, 2.45) is 5.92 Å². The Morgan fingerprint density at radius 3 is 2.61 bits per heavy atom. The van der Waals surface area contributed by atoms with E-state index in [0.717, 1.165) is 44.8 Å². The first-order valence-corrected chi connectivity index (χ1v) is 8.68. The van der Waals surface area contributed by atoms with Crippen molar-refractivity contribution >= 4 is 11.7 Å². The fraction of sp³-hybridized carbons (Fsp3) is 0.667. The van der Waals surface area contributed by atoms with Crippen molar-refractivity contribution in [1.82, 2.24) is 15.2 Å². The summed E-state index contributed by atoms with van der Waals surface area (Å²) in [7, 11) is 2.05. The number of carbonyl (C=O) groups excluding carboxylic acids is 1. The minimum absolute atomic E-state index is 0.173. The first-order valence-electron chi connectivity index (χ1n) is 8.68. The molecule has 5 nitrogen and oxygen atoms in total. The molecule has 0 spiro atoms. The molecule has 23 heavy (non-hydrogen) atoms. The molecule has 1 aromatic rings. The molecule has 5 heteroatoms. The predicted molar refractivity (Wildman–Crippen MR) is 94.5 cm³/mol. The number of amides is 1. The Hall–Kier alpha value is -1.62. The molecule has 1 N–H and O–H groups in total. The number of nitrogens with zero attached hydrogens (tertiary/aromatic N) is 3. The van der Waals surface area contributed by atoms with E-state index >= 15 is 0 Å². The first kappa shape index (κ1) is 17.7. The van der Waals surface area contributed by atoms with Gasteiger partial charge in [-0.1, -0.05) is 6.07 Å². The Morgan fingerprint density at radius 1 is 1.39 bits per heavy atom. The Labute approximate surface area is 140 Å². The molecule has 0 aliphatic carbocycles. The van der Waals surface area contributed by atoms with E-state index in [2.05, 4.69) is 46.2 Å². The summed E-state index contributed by atoms with van der Waals surface area (Å²) in [5.74, 6) is 1.40. The summed E-state index contributed by atoms with van der Waals surface area (Å²) in [6.07, 6.45) is 3.87. The van der Waals surface area contributed by atoms with Crippen molar-refractivity contribution in [1.29, 1.82) is 0 Å². The molecule has 1 aliphatic heterocycles. The van der Waals surface area contributed by atoms with Crippen LogP contribution in [0.3, 0.4) is 0 Å². The van der Waals surface area contributed by atoms with Gasteiger partial charge in [0.15, 0.2) is 0 Å². The van der Waals surface area contributed by atoms with Gasteiger partial charge in [-0.3, -0.25) is 9.69 Å². The Morgan fingerprint density at radius 2 is 2.09 bits per heavy atom. The fourth-order valence-electron chi connectivity index (χ4n) is 2.91. The van der Waals surface area contributed by atoms with Crippen LogP contribution in [0.5, 0.6) is 0 Å². The second-order valence-corrected chi connectivity index (χ2v) is 6.75. The van der Waals surface area contributed by atoms with Crippen LogP contribution in [0.1, 0.15) is 39.2 Å². The number of hydrogen-bond acceptors (Lipinski definition) is 4. The molecule has 0 radical (unpaired) electrons. The maximum Gasteiger partial charge on any atom is 0.223 e. The molecule has 1 fully saturated rings. The number of rotatable bonds is 6. The molecule has 1 saturated heterocycles. The summed E-state index contributed by atoms with van der Waals surface area (Å²) in [6.45, 7) is 9.98. The highest BCUT2D eigenvalue weighted by Gasteiger charge is 2.25. The van der Waals surface area contributed by atoms with Crippen molar-refractivity contribution < 1.29 is 4.79 Å². The highest BCUT2D eigenvalue weighted by atomic mass is 16.1. The van der Waals surface area contributed by atoms with Crippen molar-refractivity contribution in [3.63, 3.8) is 0 Å². The number of likely N-dealkylation sites (tertiary alicyclic amines) is 1. The highest BCUT2D eigenvalue weighted by Crippen LogP contribution is 2.20. The summed E-state index contributed by atoms with van der Waals surface area (Å²) in [6, 6.07) is 4.47. The third-order valence-electron chi connectivity index (χ3n) is 4.47. The third kappa shape index (κ3) is 5.20. The molecular formula is C18H30N4O. The number of nitrogens with one attached hydrogen (secondary N) is 1. The number of aromatic nitrogens is 1. The molecule has 2 heterocycles. The number of hydrogen-bond donors (Lipinski definition) is 1. The van der Waals surface area contributed by atoms with Gasteiger partial charge in [0.25, 0.3) is 0 Å². The van der Waals surface area contributed by atoms with Crippen LogP contribution in [0.2, 0.25) is 0 Å². The average Bonchev–Trinajstić information content (AvgIpc) is 2.55. The lowest BCUT2D eigenvalue weighted by Gasteiger charge is -2.31. The number of pyridine rings is 1. The molecule has 2 rings (SSSR count). The molecule has 0 unspecified atom stereocenters. The zero-order chi connectivity index (χ0) is 16.8. The van der Waals surface area contributed by atoms with Gasteiger partial charge in [-0.25, -0.2) is 4.98 Å². The van der Waals surface area contributed by atoms with E-state index in [9.17, 15) is 4.79 Å². The zero-order valence-electron chi connectivity index (χ0n) is 14.9. The largest absolute Gasteiger partial charge is 0.360 e. The maximum absolute atomic E-state index is 12.1. The van der Waals surface area contributed by atoms with E-state index in [1.165, 1.54) is 5.56 Å². The average molecular weight is 318 g/mol. The molecule has 1 aromatic heterocycles. The number of carbonyl (C=O) groups is 1. The van der Waals surface area contributed by atoms with Crippen LogP contribution >= 0.6 is 0 Å². The Kier molecular flexibility index (Phi) is 6.39. The van der Waals surface area contributed by atoms with Crippen LogP contribution < -0.4 is 10.2 Å². The minimum atomic E-state index is 0.173. The molecule has 1 aliphatic rings. The lowest BCUT2D eigenvalue weighted by Crippen LogP contribution is -2.42. The fourth-order valence-corrected chi connectivity index (χ4v) is 2.91. The molecule has 0 saturated carbocycles. The summed E-state index contributed by atoms with van der Waals surface area (Å²) in [5, 5.41) is 3.03. The molecule has 0 atom stereocenters. The van der Waals surface area contributed by atoms with Crippen molar-refractivity contribution in [3.8, 4) is 0 Å². The van der Waals surface area contributed by atoms with E-state index in [1.807, 2.05) is 20.0 Å². The van der Waals surface area contributed by atoms with E-state index in [4.69, 9.17) is 0 Å². The van der Waals surface area contributed by atoms with Crippen LogP contribution in [0, 0.1) is 5.92 Å². The van der Waals surface area contributed by atoms with Crippen LogP contribution in [-0.4, -0.2) is 48.5 Å². The topological polar surface area (TPSA) is 48.5 Å². The number of anilines is 1. The van der Waals surface area contributed by atoms with Gasteiger partial charge in [-0.2, -0.15) is 0 Å². The van der Waals surface area contributed by atoms with E-state index < -0.39 is 0 Å². The second-order valence-electron chi connectivity index (χ2n) is 6.75. The van der Waals surface area contributed by atoms with Gasteiger partial charge >= 0.3 is 0 Å². The maximum atomic E-state index is 12.1. The van der Waals surface area contributed by atoms with E-state index in [0.29, 0.717) is 0 Å². The molecular weight excluding hydrogens is 288 g/mol. The SMILES string of the molecule is CCN(C)c1ccc(CN2CCC(C(=O)NC(C)C)CC2)cn1. The van der Waals surface area contributed by atoms with Gasteiger partial charge in [0.1, 0.15) is 5.82 Å². The first-order chi connectivity index (χ1) is 11.0. The Balaban J connectivity index is 1.81. The van der Waals surface area contributed by atoms with Crippen LogP contribution in [0.4, 0.5) is 5.82 Å². The third-order valence-corrected chi connectivity index (χ3v) is 4.47. The van der Waals surface area contributed by atoms with Gasteiger partial charge in [0, 0.05) is 38.3 Å². The summed E-state index contributed by atoms with van der Waals surface area (Å²) >= 11 is 0. The van der Waals surface area contributed by atoms with Gasteiger partial charge in [0.05, 0.1) is 0 Å². The highest BCUT2D eigenvalue weighted by molar-refractivity contribution is 5.78. The minimum Gasteiger partial charge on any atom is -0.360 e. The summed E-state index contributed by atoms with van der Waals surface area (Å²) in [5.41, 5.74) is 1.24. The predicted octanol–water partition coefficient (Wildman–Crippen LogP) is 2.27. The summed E-state index contributed by atoms with van der Waals surface area (Å²) < 4.78 is 0. The molecule has 0 bridgehead atoms. The lowest BCUT2D eigenvalue weighted by molar-refractivity contribution is -0.127. The number of piperidine rings is 1. The summed E-state index contributed by atoms with van der Waals surface area (Å²) in [4.78, 5) is 21.1. The van der Waals surface area contributed by atoms with Crippen molar-refractivity contribution in [2.45, 2.75) is 46.2 Å². The van der Waals surface area contributed by atoms with Crippen LogP contribution in [-0.2, 0) is 11.3 Å². The van der Waals surface area contributed by atoms with Crippen molar-refractivity contribution in [2.75, 3.05) is 31.6 Å². The Bertz CT molecular complexity index is 492. The lowest BCUT2D eigenvalue weighted by atomic mass is 9.95. The van der Waals surface area contributed by atoms with Gasteiger partial charge < -0.3 is 10.2 Å². The van der Waals surface area contributed by atoms with Gasteiger partial charge in [-0.05, 0) is 58.3 Å². The smallest absolute Gasteiger partial charge is 0.223 e. The normalized spacial score (nSPS) is 16.6. The second kappa shape index (κ2) is 8.29. The quantitative estimate of drug-likeness (QED) is 0.874. The zero-order valence-corrected chi connectivity index (χ0v) is 14.9. The van der Waals surface area contributed by atoms with Crippen LogP contribution in [0.25, 0.3) is 0 Å². The van der Waals surface area contributed by atoms with Gasteiger partial charge in [0.2, 0.25) is 5.91 Å². The monoisotopic (exact) mass is 318 g/mol. The molecule has 1 amide bonds. The van der Waals surface area contributed by atoms with Gasteiger partial charge in [-0.15, -0.1) is 0 Å².